The van der Waals surface area contributed by atoms with Crippen LogP contribution in [0.5, 0.6) is 0 Å². The highest BCUT2D eigenvalue weighted by atomic mass is 79.9. The average Bonchev–Trinajstić information content (AvgIpc) is 2.60. The molecule has 5 nitrogen and oxygen atoms in total. The van der Waals surface area contributed by atoms with Crippen LogP contribution in [0.2, 0.25) is 0 Å². The highest BCUT2D eigenvalue weighted by molar-refractivity contribution is 9.10. The summed E-state index contributed by atoms with van der Waals surface area (Å²) in [6, 6.07) is 17.3. The summed E-state index contributed by atoms with van der Waals surface area (Å²) in [5.74, 6) is 0.141. The van der Waals surface area contributed by atoms with Gasteiger partial charge in [0.2, 0.25) is 5.95 Å². The minimum Gasteiger partial charge on any atom is -0.347 e. The number of hydrogen-bond acceptors (Lipinski definition) is 4. The van der Waals surface area contributed by atoms with Crippen LogP contribution in [0, 0.1) is 6.92 Å². The second kappa shape index (κ2) is 7.90. The summed E-state index contributed by atoms with van der Waals surface area (Å²) in [7, 11) is 0. The van der Waals surface area contributed by atoms with Crippen LogP contribution in [0.15, 0.2) is 65.3 Å². The van der Waals surface area contributed by atoms with Crippen molar-refractivity contribution in [3.8, 4) is 0 Å². The van der Waals surface area contributed by atoms with Gasteiger partial charge in [0.25, 0.3) is 5.91 Å². The molecule has 126 valence electrons. The van der Waals surface area contributed by atoms with Crippen molar-refractivity contribution in [2.45, 2.75) is 13.5 Å². The molecule has 3 aromatic rings. The molecule has 6 heteroatoms. The van der Waals surface area contributed by atoms with E-state index in [4.69, 9.17) is 0 Å². The molecule has 1 aromatic heterocycles. The van der Waals surface area contributed by atoms with Crippen LogP contribution in [-0.2, 0) is 6.54 Å². The van der Waals surface area contributed by atoms with Gasteiger partial charge < -0.3 is 10.6 Å². The number of aryl methyl sites for hydroxylation is 1. The molecule has 25 heavy (non-hydrogen) atoms. The Hall–Kier alpha value is -2.73. The number of hydrogen-bond donors (Lipinski definition) is 2. The first kappa shape index (κ1) is 17.1. The molecule has 3 rings (SSSR count). The number of aromatic nitrogens is 2. The minimum absolute atomic E-state index is 0.235. The summed E-state index contributed by atoms with van der Waals surface area (Å²) in [5.41, 5.74) is 3.37. The van der Waals surface area contributed by atoms with E-state index in [0.717, 1.165) is 21.3 Å². The van der Waals surface area contributed by atoms with Crippen molar-refractivity contribution >= 4 is 33.5 Å². The van der Waals surface area contributed by atoms with Crippen molar-refractivity contribution in [2.75, 3.05) is 5.32 Å². The third kappa shape index (κ3) is 4.87. The van der Waals surface area contributed by atoms with E-state index >= 15 is 0 Å². The van der Waals surface area contributed by atoms with E-state index in [1.807, 2.05) is 55.5 Å². The number of anilines is 2. The molecule has 2 N–H and O–H groups in total. The summed E-state index contributed by atoms with van der Waals surface area (Å²) >= 11 is 3.42. The van der Waals surface area contributed by atoms with Crippen LogP contribution < -0.4 is 10.6 Å². The zero-order valence-electron chi connectivity index (χ0n) is 13.7. The highest BCUT2D eigenvalue weighted by Crippen LogP contribution is 2.18. The van der Waals surface area contributed by atoms with Crippen LogP contribution in [0.4, 0.5) is 11.6 Å². The molecule has 0 radical (unpaired) electrons. The van der Waals surface area contributed by atoms with E-state index < -0.39 is 0 Å². The zero-order chi connectivity index (χ0) is 17.6. The number of halogens is 1. The van der Waals surface area contributed by atoms with Crippen molar-refractivity contribution in [3.05, 3.63) is 82.1 Å². The van der Waals surface area contributed by atoms with Gasteiger partial charge in [-0.15, -0.1) is 0 Å². The molecular formula is C19H17BrN4O. The van der Waals surface area contributed by atoms with Crippen molar-refractivity contribution in [1.82, 2.24) is 15.3 Å². The monoisotopic (exact) mass is 396 g/mol. The van der Waals surface area contributed by atoms with Gasteiger partial charge in [0, 0.05) is 22.9 Å². The first-order chi connectivity index (χ1) is 12.1. The lowest BCUT2D eigenvalue weighted by Gasteiger charge is -2.08. The first-order valence-corrected chi connectivity index (χ1v) is 8.59. The van der Waals surface area contributed by atoms with Gasteiger partial charge in [-0.2, -0.15) is 0 Å². The van der Waals surface area contributed by atoms with E-state index in [2.05, 4.69) is 36.5 Å². The predicted octanol–water partition coefficient (Wildman–Crippen LogP) is 4.22. The van der Waals surface area contributed by atoms with Gasteiger partial charge in [-0.1, -0.05) is 51.8 Å². The van der Waals surface area contributed by atoms with Crippen LogP contribution in [0.25, 0.3) is 0 Å². The maximum absolute atomic E-state index is 12.3. The third-order valence-corrected chi connectivity index (χ3v) is 4.00. The standard InChI is InChI=1S/C19H17BrN4O/c1-13-4-2-5-14(10-13)12-22-18(25)17-8-9-21-19(24-17)23-16-7-3-6-15(20)11-16/h2-11H,12H2,1H3,(H,22,25)(H,21,23,24). The van der Waals surface area contributed by atoms with Gasteiger partial charge in [-0.05, 0) is 36.8 Å². The van der Waals surface area contributed by atoms with Gasteiger partial charge in [0.05, 0.1) is 0 Å². The Morgan fingerprint density at radius 1 is 1.12 bits per heavy atom. The lowest BCUT2D eigenvalue weighted by Crippen LogP contribution is -2.24. The fourth-order valence-corrected chi connectivity index (χ4v) is 2.73. The Morgan fingerprint density at radius 3 is 2.76 bits per heavy atom. The molecule has 0 unspecified atom stereocenters. The number of rotatable bonds is 5. The number of amides is 1. The maximum Gasteiger partial charge on any atom is 0.270 e. The van der Waals surface area contributed by atoms with Gasteiger partial charge in [-0.25, -0.2) is 9.97 Å². The molecule has 0 atom stereocenters. The first-order valence-electron chi connectivity index (χ1n) is 7.79. The number of nitrogens with one attached hydrogen (secondary N) is 2. The lowest BCUT2D eigenvalue weighted by atomic mass is 10.1. The van der Waals surface area contributed by atoms with Crippen LogP contribution in [0.1, 0.15) is 21.6 Å². The molecular weight excluding hydrogens is 380 g/mol. The van der Waals surface area contributed by atoms with E-state index in [9.17, 15) is 4.79 Å². The van der Waals surface area contributed by atoms with E-state index in [1.165, 1.54) is 0 Å². The highest BCUT2D eigenvalue weighted by Gasteiger charge is 2.09. The molecule has 1 heterocycles. The Bertz CT molecular complexity index is 898. The SMILES string of the molecule is Cc1cccc(CNC(=O)c2ccnc(Nc3cccc(Br)c3)n2)c1. The van der Waals surface area contributed by atoms with Crippen molar-refractivity contribution in [1.29, 1.82) is 0 Å². The maximum atomic E-state index is 12.3. The van der Waals surface area contributed by atoms with Crippen LogP contribution in [0.3, 0.4) is 0 Å². The van der Waals surface area contributed by atoms with Gasteiger partial charge in [-0.3, -0.25) is 4.79 Å². The summed E-state index contributed by atoms with van der Waals surface area (Å²) in [5, 5.41) is 5.97. The second-order valence-corrected chi connectivity index (χ2v) is 6.49. The lowest BCUT2D eigenvalue weighted by molar-refractivity contribution is 0.0946. The minimum atomic E-state index is -0.235. The predicted molar refractivity (Wildman–Crippen MR) is 102 cm³/mol. The van der Waals surface area contributed by atoms with E-state index in [0.29, 0.717) is 18.2 Å². The largest absolute Gasteiger partial charge is 0.347 e. The molecule has 0 fully saturated rings. The average molecular weight is 397 g/mol. The second-order valence-electron chi connectivity index (χ2n) is 5.57. The third-order valence-electron chi connectivity index (χ3n) is 3.50. The number of nitrogens with zero attached hydrogens (tertiary/aromatic N) is 2. The molecule has 2 aromatic carbocycles. The molecule has 0 spiro atoms. The van der Waals surface area contributed by atoms with Crippen LogP contribution in [-0.4, -0.2) is 15.9 Å². The topological polar surface area (TPSA) is 66.9 Å². The van der Waals surface area contributed by atoms with Crippen molar-refractivity contribution < 1.29 is 4.79 Å². The summed E-state index contributed by atoms with van der Waals surface area (Å²) in [6.45, 7) is 2.48. The van der Waals surface area contributed by atoms with Crippen molar-refractivity contribution in [2.24, 2.45) is 0 Å². The number of carbonyl (C=O) groups excluding carboxylic acids is 1. The fraction of sp³-hybridized carbons (Fsp3) is 0.105. The summed E-state index contributed by atoms with van der Waals surface area (Å²) in [6.07, 6.45) is 1.56. The zero-order valence-corrected chi connectivity index (χ0v) is 15.2. The van der Waals surface area contributed by atoms with Gasteiger partial charge in [0.1, 0.15) is 5.69 Å². The molecule has 0 saturated heterocycles. The van der Waals surface area contributed by atoms with E-state index in [1.54, 1.807) is 12.3 Å². The molecule has 0 bridgehead atoms. The quantitative estimate of drug-likeness (QED) is 0.677. The Kier molecular flexibility index (Phi) is 5.40. The molecule has 0 aliphatic carbocycles. The van der Waals surface area contributed by atoms with E-state index in [-0.39, 0.29) is 5.91 Å². The Morgan fingerprint density at radius 2 is 1.96 bits per heavy atom. The van der Waals surface area contributed by atoms with Gasteiger partial charge in [0.15, 0.2) is 0 Å². The van der Waals surface area contributed by atoms with Gasteiger partial charge >= 0.3 is 0 Å². The number of carbonyl (C=O) groups is 1. The Labute approximate surface area is 154 Å². The number of benzene rings is 2. The molecule has 0 saturated carbocycles. The van der Waals surface area contributed by atoms with Crippen molar-refractivity contribution in [3.63, 3.8) is 0 Å². The molecule has 0 aliphatic heterocycles. The summed E-state index contributed by atoms with van der Waals surface area (Å²) in [4.78, 5) is 20.8. The smallest absolute Gasteiger partial charge is 0.270 e. The van der Waals surface area contributed by atoms with Crippen LogP contribution >= 0.6 is 15.9 Å². The molecule has 0 aliphatic rings. The Balaban J connectivity index is 1.67. The normalized spacial score (nSPS) is 10.3. The molecule has 1 amide bonds. The fourth-order valence-electron chi connectivity index (χ4n) is 2.34. The summed E-state index contributed by atoms with van der Waals surface area (Å²) < 4.78 is 0.949.